The first kappa shape index (κ1) is 34.4. The van der Waals surface area contributed by atoms with Gasteiger partial charge < -0.3 is 38.1 Å². The summed E-state index contributed by atoms with van der Waals surface area (Å²) in [6, 6.07) is 16.1. The van der Waals surface area contributed by atoms with Crippen molar-refractivity contribution in [3.63, 3.8) is 0 Å². The molecule has 0 bridgehead atoms. The lowest BCUT2D eigenvalue weighted by Gasteiger charge is -2.37. The number of amides is 1. The van der Waals surface area contributed by atoms with Gasteiger partial charge in [0.25, 0.3) is 5.91 Å². The van der Waals surface area contributed by atoms with Crippen LogP contribution < -0.4 is 33.2 Å². The van der Waals surface area contributed by atoms with Gasteiger partial charge in [-0.2, -0.15) is 0 Å². The molecule has 6 rings (SSSR count). The molecular formula is C39H42N2O9. The largest absolute Gasteiger partial charge is 0.493 e. The van der Waals surface area contributed by atoms with E-state index in [-0.39, 0.29) is 11.9 Å². The van der Waals surface area contributed by atoms with E-state index in [2.05, 4.69) is 11.9 Å². The molecule has 0 saturated heterocycles. The highest BCUT2D eigenvalue weighted by molar-refractivity contribution is 5.97. The van der Waals surface area contributed by atoms with E-state index in [0.29, 0.717) is 75.8 Å². The van der Waals surface area contributed by atoms with E-state index in [4.69, 9.17) is 33.2 Å². The second-order valence-electron chi connectivity index (χ2n) is 12.3. The van der Waals surface area contributed by atoms with Gasteiger partial charge in [-0.15, -0.1) is 0 Å². The number of benzene rings is 4. The lowest BCUT2D eigenvalue weighted by molar-refractivity contribution is 0.0780. The normalized spacial score (nSPS) is 15.5. The SMILES string of the molecule is COc1cc2c(cc1Oc1c(OC)c(OC)cc3c1C(Cc1ccc(OC)c(Oc4ccc(C=O)cc4)c1OC)N(C)CC3)C(=O)N(C)CC2. The number of nitrogens with zero attached hydrogens (tertiary/aromatic N) is 2. The summed E-state index contributed by atoms with van der Waals surface area (Å²) in [5.74, 6) is 4.25. The molecule has 1 amide bonds. The van der Waals surface area contributed by atoms with Gasteiger partial charge in [0.1, 0.15) is 12.0 Å². The fourth-order valence-electron chi connectivity index (χ4n) is 6.75. The molecule has 4 aromatic rings. The van der Waals surface area contributed by atoms with Crippen molar-refractivity contribution < 1.29 is 42.7 Å². The lowest BCUT2D eigenvalue weighted by Crippen LogP contribution is -2.34. The van der Waals surface area contributed by atoms with Gasteiger partial charge in [0.15, 0.2) is 34.5 Å². The van der Waals surface area contributed by atoms with Crippen molar-refractivity contribution in [1.29, 1.82) is 0 Å². The number of likely N-dealkylation sites (N-methyl/N-ethyl adjacent to an activating group) is 2. The number of methoxy groups -OCH3 is 5. The zero-order chi connectivity index (χ0) is 35.5. The van der Waals surface area contributed by atoms with Crippen molar-refractivity contribution in [3.8, 4) is 51.7 Å². The highest BCUT2D eigenvalue weighted by Gasteiger charge is 2.35. The molecule has 2 aliphatic rings. The molecule has 50 heavy (non-hydrogen) atoms. The molecule has 1 atom stereocenters. The van der Waals surface area contributed by atoms with Crippen molar-refractivity contribution in [2.24, 2.45) is 0 Å². The van der Waals surface area contributed by atoms with Gasteiger partial charge in [0.05, 0.1) is 35.5 Å². The summed E-state index contributed by atoms with van der Waals surface area (Å²) in [5, 5.41) is 0. The maximum Gasteiger partial charge on any atom is 0.254 e. The smallest absolute Gasteiger partial charge is 0.254 e. The Bertz CT molecular complexity index is 1910. The number of hydrogen-bond acceptors (Lipinski definition) is 10. The summed E-state index contributed by atoms with van der Waals surface area (Å²) in [6.07, 6.45) is 2.76. The van der Waals surface area contributed by atoms with Crippen LogP contribution in [0.3, 0.4) is 0 Å². The number of hydrogen-bond donors (Lipinski definition) is 0. The number of aldehydes is 1. The minimum atomic E-state index is -0.202. The molecule has 11 heteroatoms. The Hall–Kier alpha value is -5.42. The van der Waals surface area contributed by atoms with Crippen LogP contribution in [0.4, 0.5) is 0 Å². The highest BCUT2D eigenvalue weighted by Crippen LogP contribution is 2.52. The van der Waals surface area contributed by atoms with Crippen LogP contribution in [0.15, 0.2) is 54.6 Å². The van der Waals surface area contributed by atoms with Crippen LogP contribution in [-0.2, 0) is 19.3 Å². The Morgan fingerprint density at radius 2 is 1.36 bits per heavy atom. The Balaban J connectivity index is 1.47. The van der Waals surface area contributed by atoms with Crippen molar-refractivity contribution in [2.75, 3.05) is 62.7 Å². The van der Waals surface area contributed by atoms with Crippen LogP contribution in [-0.4, -0.2) is 84.7 Å². The summed E-state index contributed by atoms with van der Waals surface area (Å²) < 4.78 is 42.4. The molecular weight excluding hydrogens is 640 g/mol. The predicted molar refractivity (Wildman–Crippen MR) is 188 cm³/mol. The molecule has 0 N–H and O–H groups in total. The molecule has 0 spiro atoms. The zero-order valence-corrected chi connectivity index (χ0v) is 29.5. The minimum absolute atomic E-state index is 0.0692. The number of carbonyl (C=O) groups excluding carboxylic acids is 2. The second-order valence-corrected chi connectivity index (χ2v) is 12.3. The summed E-state index contributed by atoms with van der Waals surface area (Å²) in [7, 11) is 11.8. The molecule has 1 unspecified atom stereocenters. The number of rotatable bonds is 12. The van der Waals surface area contributed by atoms with Crippen LogP contribution in [0, 0.1) is 0 Å². The van der Waals surface area contributed by atoms with Gasteiger partial charge >= 0.3 is 0 Å². The van der Waals surface area contributed by atoms with Crippen molar-refractivity contribution in [3.05, 3.63) is 88.0 Å². The molecule has 0 aromatic heterocycles. The fourth-order valence-corrected chi connectivity index (χ4v) is 6.75. The van der Waals surface area contributed by atoms with Gasteiger partial charge in [-0.05, 0) is 86.0 Å². The molecule has 11 nitrogen and oxygen atoms in total. The molecule has 4 aromatic carbocycles. The molecule has 262 valence electrons. The molecule has 0 fully saturated rings. The van der Waals surface area contributed by atoms with Crippen molar-refractivity contribution >= 4 is 12.2 Å². The van der Waals surface area contributed by atoms with Crippen LogP contribution in [0.1, 0.15) is 49.0 Å². The zero-order valence-electron chi connectivity index (χ0n) is 29.5. The van der Waals surface area contributed by atoms with E-state index in [1.165, 1.54) is 0 Å². The molecule has 0 radical (unpaired) electrons. The van der Waals surface area contributed by atoms with Gasteiger partial charge in [0, 0.05) is 48.4 Å². The average molecular weight is 683 g/mol. The number of carbonyl (C=O) groups is 2. The maximum absolute atomic E-state index is 13.2. The summed E-state index contributed by atoms with van der Waals surface area (Å²) in [6.45, 7) is 1.41. The number of ether oxygens (including phenoxy) is 7. The molecule has 2 heterocycles. The Kier molecular flexibility index (Phi) is 10.1. The minimum Gasteiger partial charge on any atom is -0.493 e. The van der Waals surface area contributed by atoms with Gasteiger partial charge in [-0.3, -0.25) is 14.5 Å². The van der Waals surface area contributed by atoms with Crippen LogP contribution in [0.25, 0.3) is 0 Å². The fraction of sp³-hybridized carbons (Fsp3) is 0.333. The summed E-state index contributed by atoms with van der Waals surface area (Å²) in [5.41, 5.74) is 4.88. The van der Waals surface area contributed by atoms with Gasteiger partial charge in [-0.1, -0.05) is 6.07 Å². The first-order valence-corrected chi connectivity index (χ1v) is 16.3. The first-order valence-electron chi connectivity index (χ1n) is 16.3. The molecule has 0 saturated carbocycles. The average Bonchev–Trinajstić information content (AvgIpc) is 3.14. The van der Waals surface area contributed by atoms with E-state index in [1.54, 1.807) is 77.8 Å². The van der Waals surface area contributed by atoms with Gasteiger partial charge in [-0.25, -0.2) is 0 Å². The Morgan fingerprint density at radius 1 is 0.680 bits per heavy atom. The topological polar surface area (TPSA) is 105 Å². The van der Waals surface area contributed by atoms with E-state index < -0.39 is 0 Å². The van der Waals surface area contributed by atoms with E-state index in [1.807, 2.05) is 24.3 Å². The van der Waals surface area contributed by atoms with Crippen LogP contribution >= 0.6 is 0 Å². The van der Waals surface area contributed by atoms with E-state index >= 15 is 0 Å². The highest BCUT2D eigenvalue weighted by atomic mass is 16.6. The second kappa shape index (κ2) is 14.6. The lowest BCUT2D eigenvalue weighted by atomic mass is 9.87. The van der Waals surface area contributed by atoms with Crippen molar-refractivity contribution in [1.82, 2.24) is 9.80 Å². The van der Waals surface area contributed by atoms with E-state index in [9.17, 15) is 9.59 Å². The third kappa shape index (κ3) is 6.36. The maximum atomic E-state index is 13.2. The number of fused-ring (bicyclic) bond motifs is 2. The van der Waals surface area contributed by atoms with Crippen LogP contribution in [0.5, 0.6) is 51.7 Å². The molecule has 0 aliphatic carbocycles. The Morgan fingerprint density at radius 3 is 2.02 bits per heavy atom. The summed E-state index contributed by atoms with van der Waals surface area (Å²) in [4.78, 5) is 28.4. The predicted octanol–water partition coefficient (Wildman–Crippen LogP) is 6.53. The summed E-state index contributed by atoms with van der Waals surface area (Å²) >= 11 is 0. The van der Waals surface area contributed by atoms with Crippen LogP contribution in [0.2, 0.25) is 0 Å². The van der Waals surface area contributed by atoms with Gasteiger partial charge in [0.2, 0.25) is 11.5 Å². The Labute approximate surface area is 292 Å². The third-order valence-corrected chi connectivity index (χ3v) is 9.48. The third-order valence-electron chi connectivity index (χ3n) is 9.48. The van der Waals surface area contributed by atoms with Crippen molar-refractivity contribution in [2.45, 2.75) is 25.3 Å². The standard InChI is InChI=1S/C39H42N2O9/c1-40-16-15-25-20-33(46-5)36(48-7)38(50-32-21-28-24(19-31(32)45-4)14-17-41(2)39(28)43)34(25)29(40)18-26-10-13-30(44-3)37(35(26)47-6)49-27-11-8-23(22-42)9-12-27/h8-13,19-22,29H,14-18H2,1-7H3. The molecule has 2 aliphatic heterocycles. The van der Waals surface area contributed by atoms with E-state index in [0.717, 1.165) is 47.9 Å². The monoisotopic (exact) mass is 682 g/mol. The quantitative estimate of drug-likeness (QED) is 0.153. The first-order chi connectivity index (χ1) is 24.2.